The highest BCUT2D eigenvalue weighted by atomic mass is 79.9. The van der Waals surface area contributed by atoms with Gasteiger partial charge in [-0.2, -0.15) is 4.98 Å². The molecular weight excluding hydrogens is 518 g/mol. The number of aliphatic imine (C=N–C) groups is 1. The van der Waals surface area contributed by atoms with Crippen molar-refractivity contribution >= 4 is 62.2 Å². The van der Waals surface area contributed by atoms with Crippen LogP contribution in [0.4, 0.5) is 11.7 Å². The number of nitrogens with two attached hydrogens (primary N) is 1. The van der Waals surface area contributed by atoms with E-state index in [0.717, 1.165) is 10.2 Å². The zero-order valence-corrected chi connectivity index (χ0v) is 20.3. The van der Waals surface area contributed by atoms with Crippen molar-refractivity contribution in [3.05, 3.63) is 99.1 Å². The van der Waals surface area contributed by atoms with Gasteiger partial charge in [-0.1, -0.05) is 63.9 Å². The number of carbonyl (C=O) groups excluding carboxylic acids is 1. The predicted octanol–water partition coefficient (Wildman–Crippen LogP) is 6.03. The average molecular weight is 537 g/mol. The lowest BCUT2D eigenvalue weighted by atomic mass is 9.95. The molecule has 1 atom stereocenters. The number of carbonyl (C=O) groups is 1. The molecule has 3 N–H and O–H groups in total. The Balaban J connectivity index is 1.68. The first-order chi connectivity index (χ1) is 16.4. The number of hydrogen-bond donors (Lipinski definition) is 2. The van der Waals surface area contributed by atoms with Gasteiger partial charge in [0.1, 0.15) is 11.6 Å². The maximum atomic E-state index is 12.7. The van der Waals surface area contributed by atoms with E-state index in [9.17, 15) is 4.79 Å². The van der Waals surface area contributed by atoms with Gasteiger partial charge in [-0.05, 0) is 43.3 Å². The molecule has 0 saturated carbocycles. The molecule has 7 nitrogen and oxygen atoms in total. The Hall–Kier alpha value is -3.62. The molecule has 3 aromatic carbocycles. The molecule has 9 heteroatoms. The highest BCUT2D eigenvalue weighted by Crippen LogP contribution is 2.39. The van der Waals surface area contributed by atoms with Gasteiger partial charge in [-0.3, -0.25) is 15.0 Å². The van der Waals surface area contributed by atoms with Crippen LogP contribution in [-0.2, 0) is 4.79 Å². The maximum Gasteiger partial charge on any atom is 0.302 e. The summed E-state index contributed by atoms with van der Waals surface area (Å²) >= 11 is 10.0. The van der Waals surface area contributed by atoms with Crippen LogP contribution in [0.25, 0.3) is 11.1 Å². The fourth-order valence-electron chi connectivity index (χ4n) is 4.00. The standard InChI is InChI=1S/C25H19BrClN5O2/c1-14-21(23(28)33)22(17-9-2-3-10-18(17)27)30-24(32(14)16-8-6-7-15(26)13-16)31-25-29-19-11-4-5-12-20(19)34-25/h2-13,22H,1H3,(H2,28,33)(H,29,30,31). The SMILES string of the molecule is CC1=C(C(N)=O)C(c2ccccc2Cl)N=C(Nc2nc3ccccc3o2)N1c1cccc(Br)c1. The number of oxazole rings is 1. The molecule has 0 bridgehead atoms. The number of primary amides is 1. The second-order valence-electron chi connectivity index (χ2n) is 7.67. The molecule has 0 fully saturated rings. The smallest absolute Gasteiger partial charge is 0.302 e. The lowest BCUT2D eigenvalue weighted by molar-refractivity contribution is -0.114. The summed E-state index contributed by atoms with van der Waals surface area (Å²) in [7, 11) is 0. The number of allylic oxidation sites excluding steroid dienone is 1. The van der Waals surface area contributed by atoms with Crippen LogP contribution in [0, 0.1) is 0 Å². The number of hydrogen-bond acceptors (Lipinski definition) is 6. The Morgan fingerprint density at radius 3 is 2.62 bits per heavy atom. The molecular formula is C25H19BrClN5O2. The minimum Gasteiger partial charge on any atom is -0.423 e. The van der Waals surface area contributed by atoms with E-state index >= 15 is 0 Å². The summed E-state index contributed by atoms with van der Waals surface area (Å²) in [6.07, 6.45) is 0. The van der Waals surface area contributed by atoms with Gasteiger partial charge < -0.3 is 10.2 Å². The van der Waals surface area contributed by atoms with Gasteiger partial charge in [0.2, 0.25) is 11.9 Å². The van der Waals surface area contributed by atoms with Crippen LogP contribution in [0.3, 0.4) is 0 Å². The Labute approximate surface area is 209 Å². The van der Waals surface area contributed by atoms with Crippen molar-refractivity contribution in [2.45, 2.75) is 13.0 Å². The van der Waals surface area contributed by atoms with E-state index in [2.05, 4.69) is 26.2 Å². The number of anilines is 2. The van der Waals surface area contributed by atoms with E-state index in [1.54, 1.807) is 6.07 Å². The van der Waals surface area contributed by atoms with Gasteiger partial charge in [0.15, 0.2) is 5.58 Å². The third kappa shape index (κ3) is 4.06. The zero-order valence-electron chi connectivity index (χ0n) is 18.0. The van der Waals surface area contributed by atoms with Crippen LogP contribution in [0.15, 0.2) is 97.9 Å². The summed E-state index contributed by atoms with van der Waals surface area (Å²) in [5, 5.41) is 3.69. The van der Waals surface area contributed by atoms with Crippen molar-refractivity contribution < 1.29 is 9.21 Å². The number of benzene rings is 3. The number of guanidine groups is 1. The molecule has 4 aromatic rings. The number of halogens is 2. The summed E-state index contributed by atoms with van der Waals surface area (Å²) in [6.45, 7) is 1.83. The Morgan fingerprint density at radius 2 is 1.88 bits per heavy atom. The van der Waals surface area contributed by atoms with Crippen LogP contribution >= 0.6 is 27.5 Å². The molecule has 1 amide bonds. The second-order valence-corrected chi connectivity index (χ2v) is 8.99. The van der Waals surface area contributed by atoms with Crippen molar-refractivity contribution in [3.8, 4) is 0 Å². The number of para-hydroxylation sites is 2. The monoisotopic (exact) mass is 535 g/mol. The number of nitrogens with zero attached hydrogens (tertiary/aromatic N) is 3. The summed E-state index contributed by atoms with van der Waals surface area (Å²) in [6, 6.07) is 21.9. The number of nitrogens with one attached hydrogen (secondary N) is 1. The quantitative estimate of drug-likeness (QED) is 0.332. The first kappa shape index (κ1) is 22.2. The van der Waals surface area contributed by atoms with Crippen LogP contribution in [0.2, 0.25) is 5.02 Å². The molecule has 170 valence electrons. The number of amides is 1. The number of aromatic nitrogens is 1. The van der Waals surface area contributed by atoms with E-state index in [0.29, 0.717) is 38.9 Å². The fourth-order valence-corrected chi connectivity index (χ4v) is 4.62. The van der Waals surface area contributed by atoms with Gasteiger partial charge >= 0.3 is 6.01 Å². The van der Waals surface area contributed by atoms with Crippen LogP contribution in [0.1, 0.15) is 18.5 Å². The molecule has 0 radical (unpaired) electrons. The summed E-state index contributed by atoms with van der Waals surface area (Å²) in [5.74, 6) is -0.163. The minimum atomic E-state index is -0.707. The molecule has 1 unspecified atom stereocenters. The molecule has 0 aliphatic carbocycles. The zero-order chi connectivity index (χ0) is 23.8. The minimum absolute atomic E-state index is 0.271. The third-order valence-electron chi connectivity index (χ3n) is 5.51. The van der Waals surface area contributed by atoms with E-state index < -0.39 is 11.9 Å². The topological polar surface area (TPSA) is 96.8 Å². The van der Waals surface area contributed by atoms with Gasteiger partial charge in [-0.15, -0.1) is 0 Å². The number of fused-ring (bicyclic) bond motifs is 1. The predicted molar refractivity (Wildman–Crippen MR) is 138 cm³/mol. The summed E-state index contributed by atoms with van der Waals surface area (Å²) < 4.78 is 6.75. The normalized spacial score (nSPS) is 16.0. The van der Waals surface area contributed by atoms with Gasteiger partial charge in [-0.25, -0.2) is 4.99 Å². The lowest BCUT2D eigenvalue weighted by Crippen LogP contribution is -2.41. The maximum absolute atomic E-state index is 12.7. The Morgan fingerprint density at radius 1 is 1.12 bits per heavy atom. The number of rotatable bonds is 4. The van der Waals surface area contributed by atoms with Crippen LogP contribution in [-0.4, -0.2) is 16.9 Å². The van der Waals surface area contributed by atoms with Crippen molar-refractivity contribution in [2.75, 3.05) is 10.2 Å². The fraction of sp³-hybridized carbons (Fsp3) is 0.0800. The van der Waals surface area contributed by atoms with Crippen LogP contribution in [0.5, 0.6) is 0 Å². The van der Waals surface area contributed by atoms with Crippen molar-refractivity contribution in [1.29, 1.82) is 0 Å². The first-order valence-corrected chi connectivity index (χ1v) is 11.6. The lowest BCUT2D eigenvalue weighted by Gasteiger charge is -2.34. The highest BCUT2D eigenvalue weighted by Gasteiger charge is 2.34. The third-order valence-corrected chi connectivity index (χ3v) is 6.34. The highest BCUT2D eigenvalue weighted by molar-refractivity contribution is 9.10. The van der Waals surface area contributed by atoms with Crippen molar-refractivity contribution in [2.24, 2.45) is 10.7 Å². The molecule has 0 saturated heterocycles. The second kappa shape index (κ2) is 8.96. The summed E-state index contributed by atoms with van der Waals surface area (Å²) in [4.78, 5) is 23.9. The summed E-state index contributed by atoms with van der Waals surface area (Å²) in [5.41, 5.74) is 9.61. The molecule has 34 heavy (non-hydrogen) atoms. The molecule has 0 spiro atoms. The Kier molecular flexibility index (Phi) is 5.85. The van der Waals surface area contributed by atoms with Crippen molar-refractivity contribution in [3.63, 3.8) is 0 Å². The molecule has 1 aliphatic rings. The van der Waals surface area contributed by atoms with Gasteiger partial charge in [0.25, 0.3) is 0 Å². The first-order valence-electron chi connectivity index (χ1n) is 10.4. The van der Waals surface area contributed by atoms with E-state index in [4.69, 9.17) is 26.7 Å². The van der Waals surface area contributed by atoms with E-state index in [1.165, 1.54) is 0 Å². The largest absolute Gasteiger partial charge is 0.423 e. The average Bonchev–Trinajstić information content (AvgIpc) is 3.21. The molecule has 2 heterocycles. The van der Waals surface area contributed by atoms with E-state index in [-0.39, 0.29) is 6.01 Å². The molecule has 5 rings (SSSR count). The van der Waals surface area contributed by atoms with Crippen molar-refractivity contribution in [1.82, 2.24) is 4.98 Å². The van der Waals surface area contributed by atoms with E-state index in [1.807, 2.05) is 78.6 Å². The van der Waals surface area contributed by atoms with Gasteiger partial charge in [0, 0.05) is 26.4 Å². The molecule has 1 aromatic heterocycles. The molecule has 1 aliphatic heterocycles. The van der Waals surface area contributed by atoms with Crippen LogP contribution < -0.4 is 16.0 Å². The van der Waals surface area contributed by atoms with Gasteiger partial charge in [0.05, 0.1) is 5.57 Å². The Bertz CT molecular complexity index is 1450.